The molecule has 0 bridgehead atoms. The van der Waals surface area contributed by atoms with Crippen LogP contribution < -0.4 is 0 Å². The minimum absolute atomic E-state index is 0.181. The molecule has 0 saturated carbocycles. The monoisotopic (exact) mass is 382 g/mol. The minimum atomic E-state index is -0.885. The summed E-state index contributed by atoms with van der Waals surface area (Å²) in [6.45, 7) is 2.40. The summed E-state index contributed by atoms with van der Waals surface area (Å²) in [5, 5.41) is 11.9. The lowest BCUT2D eigenvalue weighted by Crippen LogP contribution is -2.30. The number of aliphatic carboxylic acids is 1. The number of thiazole rings is 1. The van der Waals surface area contributed by atoms with Gasteiger partial charge in [-0.15, -0.1) is 11.3 Å². The number of carbonyl (C=O) groups is 2. The minimum Gasteiger partial charge on any atom is -0.481 e. The van der Waals surface area contributed by atoms with Gasteiger partial charge >= 0.3 is 5.97 Å². The van der Waals surface area contributed by atoms with Gasteiger partial charge in [-0.2, -0.15) is 0 Å². The molecule has 1 aliphatic heterocycles. The maximum Gasteiger partial charge on any atom is 0.308 e. The van der Waals surface area contributed by atoms with Crippen LogP contribution in [0, 0.1) is 12.8 Å². The van der Waals surface area contributed by atoms with Crippen molar-refractivity contribution in [3.05, 3.63) is 64.9 Å². The van der Waals surface area contributed by atoms with E-state index >= 15 is 0 Å². The zero-order chi connectivity index (χ0) is 19.0. The molecule has 0 spiro atoms. The number of likely N-dealkylation sites (tertiary alicyclic amines) is 1. The molecular formula is C20H18N2O4S. The van der Waals surface area contributed by atoms with E-state index in [9.17, 15) is 14.7 Å². The van der Waals surface area contributed by atoms with Gasteiger partial charge in [0.1, 0.15) is 11.5 Å². The average Bonchev–Trinajstić information content (AvgIpc) is 3.40. The van der Waals surface area contributed by atoms with E-state index in [2.05, 4.69) is 4.98 Å². The fourth-order valence-electron chi connectivity index (χ4n) is 3.45. The molecule has 1 saturated heterocycles. The SMILES string of the molecule is Cc1ccc(-c2nc(C(=O)N3C[C@H](C(=O)O)[C@H](c4ccccc4)C3)cs2)o1. The van der Waals surface area contributed by atoms with E-state index in [1.54, 1.807) is 10.3 Å². The predicted molar refractivity (Wildman–Crippen MR) is 101 cm³/mol. The van der Waals surface area contributed by atoms with E-state index in [1.165, 1.54) is 11.3 Å². The van der Waals surface area contributed by atoms with E-state index in [4.69, 9.17) is 4.42 Å². The highest BCUT2D eigenvalue weighted by atomic mass is 32.1. The summed E-state index contributed by atoms with van der Waals surface area (Å²) in [5.41, 5.74) is 1.26. The molecule has 3 heterocycles. The van der Waals surface area contributed by atoms with Crippen LogP contribution in [0.3, 0.4) is 0 Å². The number of carbonyl (C=O) groups excluding carboxylic acids is 1. The number of furan rings is 1. The summed E-state index contributed by atoms with van der Waals surface area (Å²) < 4.78 is 5.56. The van der Waals surface area contributed by atoms with Crippen molar-refractivity contribution in [1.29, 1.82) is 0 Å². The van der Waals surface area contributed by atoms with E-state index < -0.39 is 11.9 Å². The Labute approximate surface area is 160 Å². The van der Waals surface area contributed by atoms with Crippen molar-refractivity contribution >= 4 is 23.2 Å². The van der Waals surface area contributed by atoms with Gasteiger partial charge in [0.2, 0.25) is 0 Å². The normalized spacial score (nSPS) is 19.4. The van der Waals surface area contributed by atoms with Crippen LogP contribution in [0.5, 0.6) is 0 Å². The second kappa shape index (κ2) is 7.00. The van der Waals surface area contributed by atoms with Gasteiger partial charge in [0, 0.05) is 24.4 Å². The Hall–Kier alpha value is -2.93. The first kappa shape index (κ1) is 17.5. The Morgan fingerprint density at radius 1 is 1.19 bits per heavy atom. The number of rotatable bonds is 4. The van der Waals surface area contributed by atoms with Crippen molar-refractivity contribution in [2.45, 2.75) is 12.8 Å². The predicted octanol–water partition coefficient (Wildman–Crippen LogP) is 3.65. The molecule has 0 radical (unpaired) electrons. The van der Waals surface area contributed by atoms with Crippen LogP contribution in [0.25, 0.3) is 10.8 Å². The average molecular weight is 382 g/mol. The summed E-state index contributed by atoms with van der Waals surface area (Å²) in [5.74, 6) is -0.568. The van der Waals surface area contributed by atoms with Crippen LogP contribution in [0.4, 0.5) is 0 Å². The molecule has 1 fully saturated rings. The van der Waals surface area contributed by atoms with Crippen molar-refractivity contribution in [2.75, 3.05) is 13.1 Å². The molecule has 1 N–H and O–H groups in total. The third kappa shape index (κ3) is 3.38. The fourth-order valence-corrected chi connectivity index (χ4v) is 4.21. The van der Waals surface area contributed by atoms with Crippen molar-refractivity contribution in [3.63, 3.8) is 0 Å². The molecule has 27 heavy (non-hydrogen) atoms. The van der Waals surface area contributed by atoms with Crippen LogP contribution in [0.1, 0.15) is 27.7 Å². The highest BCUT2D eigenvalue weighted by Gasteiger charge is 2.41. The van der Waals surface area contributed by atoms with Gasteiger partial charge in [0.15, 0.2) is 10.8 Å². The molecule has 7 heteroatoms. The summed E-state index contributed by atoms with van der Waals surface area (Å²) in [6, 6.07) is 13.2. The molecule has 2 aromatic heterocycles. The van der Waals surface area contributed by atoms with Gasteiger partial charge in [-0.05, 0) is 24.6 Å². The number of carboxylic acid groups (broad SMARTS) is 1. The van der Waals surface area contributed by atoms with E-state index in [0.29, 0.717) is 23.0 Å². The Balaban J connectivity index is 1.56. The Morgan fingerprint density at radius 2 is 1.96 bits per heavy atom. The van der Waals surface area contributed by atoms with Crippen molar-refractivity contribution in [1.82, 2.24) is 9.88 Å². The maximum absolute atomic E-state index is 12.9. The number of hydrogen-bond donors (Lipinski definition) is 1. The van der Waals surface area contributed by atoms with Crippen LogP contribution in [-0.4, -0.2) is 40.0 Å². The standard InChI is InChI=1S/C20H18N2O4S/c1-12-7-8-17(26-12)18-21-16(11-27-18)19(23)22-9-14(15(10-22)20(24)25)13-5-3-2-4-6-13/h2-8,11,14-15H,9-10H2,1H3,(H,24,25)/t14-,15-/m0/s1. The van der Waals surface area contributed by atoms with Crippen molar-refractivity contribution in [2.24, 2.45) is 5.92 Å². The molecule has 1 aliphatic rings. The number of amides is 1. The van der Waals surface area contributed by atoms with Crippen LogP contribution in [0.15, 0.2) is 52.3 Å². The van der Waals surface area contributed by atoms with E-state index in [-0.39, 0.29) is 18.4 Å². The molecule has 2 atom stereocenters. The third-order valence-corrected chi connectivity index (χ3v) is 5.68. The van der Waals surface area contributed by atoms with Crippen LogP contribution in [0.2, 0.25) is 0 Å². The molecule has 0 unspecified atom stereocenters. The number of benzene rings is 1. The molecule has 1 aromatic carbocycles. The Morgan fingerprint density at radius 3 is 2.63 bits per heavy atom. The lowest BCUT2D eigenvalue weighted by Gasteiger charge is -2.15. The highest BCUT2D eigenvalue weighted by Crippen LogP contribution is 2.34. The summed E-state index contributed by atoms with van der Waals surface area (Å²) >= 11 is 1.34. The van der Waals surface area contributed by atoms with Crippen molar-refractivity contribution < 1.29 is 19.1 Å². The highest BCUT2D eigenvalue weighted by molar-refractivity contribution is 7.13. The first-order chi connectivity index (χ1) is 13.0. The van der Waals surface area contributed by atoms with Crippen LogP contribution >= 0.6 is 11.3 Å². The second-order valence-electron chi connectivity index (χ2n) is 6.62. The zero-order valence-corrected chi connectivity index (χ0v) is 15.5. The first-order valence-electron chi connectivity index (χ1n) is 8.62. The van der Waals surface area contributed by atoms with Gasteiger partial charge < -0.3 is 14.4 Å². The summed E-state index contributed by atoms with van der Waals surface area (Å²) in [7, 11) is 0. The lowest BCUT2D eigenvalue weighted by molar-refractivity contribution is -0.141. The molecule has 0 aliphatic carbocycles. The Bertz CT molecular complexity index is 979. The largest absolute Gasteiger partial charge is 0.481 e. The number of aryl methyl sites for hydroxylation is 1. The number of nitrogens with zero attached hydrogens (tertiary/aromatic N) is 2. The number of hydrogen-bond acceptors (Lipinski definition) is 5. The lowest BCUT2D eigenvalue weighted by atomic mass is 9.89. The van der Waals surface area contributed by atoms with E-state index in [1.807, 2.05) is 49.4 Å². The smallest absolute Gasteiger partial charge is 0.308 e. The molecule has 4 rings (SSSR count). The topological polar surface area (TPSA) is 83.6 Å². The summed E-state index contributed by atoms with van der Waals surface area (Å²) in [6.07, 6.45) is 0. The van der Waals surface area contributed by atoms with Gasteiger partial charge in [0.05, 0.1) is 5.92 Å². The van der Waals surface area contributed by atoms with Crippen molar-refractivity contribution in [3.8, 4) is 10.8 Å². The molecular weight excluding hydrogens is 364 g/mol. The van der Waals surface area contributed by atoms with Gasteiger partial charge in [-0.3, -0.25) is 9.59 Å². The van der Waals surface area contributed by atoms with E-state index in [0.717, 1.165) is 11.3 Å². The molecule has 3 aromatic rings. The molecule has 1 amide bonds. The maximum atomic E-state index is 12.9. The molecule has 6 nitrogen and oxygen atoms in total. The third-order valence-electron chi connectivity index (χ3n) is 4.83. The quantitative estimate of drug-likeness (QED) is 0.745. The van der Waals surface area contributed by atoms with Gasteiger partial charge in [0.25, 0.3) is 5.91 Å². The number of aromatic nitrogens is 1. The van der Waals surface area contributed by atoms with Gasteiger partial charge in [-0.1, -0.05) is 30.3 Å². The fraction of sp³-hybridized carbons (Fsp3) is 0.250. The zero-order valence-electron chi connectivity index (χ0n) is 14.7. The Kier molecular flexibility index (Phi) is 4.53. The first-order valence-corrected chi connectivity index (χ1v) is 9.50. The summed E-state index contributed by atoms with van der Waals surface area (Å²) in [4.78, 5) is 30.6. The second-order valence-corrected chi connectivity index (χ2v) is 7.48. The number of carboxylic acids is 1. The van der Waals surface area contributed by atoms with Gasteiger partial charge in [-0.25, -0.2) is 4.98 Å². The molecule has 138 valence electrons. The van der Waals surface area contributed by atoms with Crippen LogP contribution in [-0.2, 0) is 4.79 Å².